The van der Waals surface area contributed by atoms with Gasteiger partial charge < -0.3 is 0 Å². The molecule has 0 aliphatic rings. The van der Waals surface area contributed by atoms with Gasteiger partial charge in [-0.3, -0.25) is 30.3 Å². The first-order chi connectivity index (χ1) is 9.86. The van der Waals surface area contributed by atoms with Crippen LogP contribution in [0.2, 0.25) is 0 Å². The minimum absolute atomic E-state index is 0.389. The van der Waals surface area contributed by atoms with E-state index in [0.29, 0.717) is 35.3 Å². The van der Waals surface area contributed by atoms with E-state index in [4.69, 9.17) is 0 Å². The van der Waals surface area contributed by atoms with E-state index in [1.54, 1.807) is 0 Å². The lowest BCUT2D eigenvalue weighted by atomic mass is 10.1. The Morgan fingerprint density at radius 2 is 0.857 bits per heavy atom. The highest BCUT2D eigenvalue weighted by atomic mass is 16.6. The van der Waals surface area contributed by atoms with Crippen LogP contribution in [0.5, 0.6) is 0 Å². The second-order valence-corrected chi connectivity index (χ2v) is 3.74. The molecule has 1 rings (SSSR count). The van der Waals surface area contributed by atoms with Gasteiger partial charge >= 0.3 is 0 Å². The maximum absolute atomic E-state index is 10.3. The Hall–Kier alpha value is -3.36. The average molecular weight is 291 g/mol. The summed E-state index contributed by atoms with van der Waals surface area (Å²) < 4.78 is 0. The third-order valence-electron chi connectivity index (χ3n) is 2.17. The Labute approximate surface area is 118 Å². The van der Waals surface area contributed by atoms with Crippen molar-refractivity contribution >= 4 is 18.2 Å². The van der Waals surface area contributed by atoms with Crippen molar-refractivity contribution in [2.45, 2.75) is 0 Å². The Balaban J connectivity index is 3.21. The topological polar surface area (TPSA) is 129 Å². The summed E-state index contributed by atoms with van der Waals surface area (Å²) >= 11 is 0. The molecule has 0 aliphatic heterocycles. The second-order valence-electron chi connectivity index (χ2n) is 3.74. The summed E-state index contributed by atoms with van der Waals surface area (Å²) in [5, 5.41) is 30.9. The first kappa shape index (κ1) is 15.7. The lowest BCUT2D eigenvalue weighted by molar-refractivity contribution is -0.401. The molecule has 0 amide bonds. The number of nitro groups is 3. The molecular formula is C12H9N3O6. The summed E-state index contributed by atoms with van der Waals surface area (Å²) in [7, 11) is 0. The van der Waals surface area contributed by atoms with Gasteiger partial charge in [0.15, 0.2) is 0 Å². The van der Waals surface area contributed by atoms with E-state index in [1.807, 2.05) is 0 Å². The van der Waals surface area contributed by atoms with E-state index in [2.05, 4.69) is 0 Å². The molecule has 1 aromatic carbocycles. The maximum Gasteiger partial charge on any atom is 0.235 e. The van der Waals surface area contributed by atoms with Crippen LogP contribution in [0.1, 0.15) is 16.7 Å². The first-order valence-electron chi connectivity index (χ1n) is 5.47. The molecule has 0 spiro atoms. The van der Waals surface area contributed by atoms with Crippen molar-refractivity contribution in [2.75, 3.05) is 0 Å². The number of hydrogen-bond donors (Lipinski definition) is 0. The fourth-order valence-electron chi connectivity index (χ4n) is 1.43. The molecule has 0 radical (unpaired) electrons. The molecule has 0 N–H and O–H groups in total. The summed E-state index contributed by atoms with van der Waals surface area (Å²) in [4.78, 5) is 28.9. The maximum atomic E-state index is 10.3. The summed E-state index contributed by atoms with van der Waals surface area (Å²) in [6.07, 6.45) is 5.68. The van der Waals surface area contributed by atoms with Crippen molar-refractivity contribution in [3.8, 4) is 0 Å². The average Bonchev–Trinajstić information content (AvgIpc) is 2.40. The predicted octanol–water partition coefficient (Wildman–Crippen LogP) is 2.43. The van der Waals surface area contributed by atoms with Gasteiger partial charge in [-0.2, -0.15) is 0 Å². The Bertz CT molecular complexity index is 560. The molecule has 0 saturated carbocycles. The quantitative estimate of drug-likeness (QED) is 0.584. The van der Waals surface area contributed by atoms with Gasteiger partial charge in [0.25, 0.3) is 0 Å². The van der Waals surface area contributed by atoms with Gasteiger partial charge in [0.2, 0.25) is 18.6 Å². The van der Waals surface area contributed by atoms with E-state index in [-0.39, 0.29) is 0 Å². The van der Waals surface area contributed by atoms with Crippen LogP contribution in [0.4, 0.5) is 0 Å². The Morgan fingerprint density at radius 3 is 1.05 bits per heavy atom. The van der Waals surface area contributed by atoms with E-state index >= 15 is 0 Å². The van der Waals surface area contributed by atoms with Crippen LogP contribution < -0.4 is 0 Å². The van der Waals surface area contributed by atoms with E-state index in [9.17, 15) is 30.3 Å². The molecule has 0 atom stereocenters. The third kappa shape index (κ3) is 6.38. The van der Waals surface area contributed by atoms with Gasteiger partial charge in [0, 0.05) is 18.2 Å². The van der Waals surface area contributed by atoms with E-state index < -0.39 is 14.8 Å². The predicted molar refractivity (Wildman–Crippen MR) is 74.5 cm³/mol. The SMILES string of the molecule is O=[N+]([O-])/C=C/c1cc(/C=C/[N+](=O)[O-])cc(/C=C/[N+](=O)[O-])c1. The molecule has 21 heavy (non-hydrogen) atoms. The number of nitrogens with zero attached hydrogens (tertiary/aromatic N) is 3. The van der Waals surface area contributed by atoms with Gasteiger partial charge in [0.1, 0.15) is 0 Å². The lowest BCUT2D eigenvalue weighted by Gasteiger charge is -1.99. The fraction of sp³-hybridized carbons (Fsp3) is 0. The van der Waals surface area contributed by atoms with Gasteiger partial charge in [0.05, 0.1) is 14.8 Å². The van der Waals surface area contributed by atoms with Crippen molar-refractivity contribution in [2.24, 2.45) is 0 Å². The second kappa shape index (κ2) is 7.28. The molecule has 1 aromatic rings. The minimum atomic E-state index is -0.661. The molecule has 0 fully saturated rings. The van der Waals surface area contributed by atoms with Gasteiger partial charge in [-0.15, -0.1) is 0 Å². The Morgan fingerprint density at radius 1 is 0.619 bits per heavy atom. The summed E-state index contributed by atoms with van der Waals surface area (Å²) in [6, 6.07) is 4.43. The standard InChI is InChI=1S/C12H9N3O6/c16-13(17)4-1-10-7-11(2-5-14(18)19)9-12(8-10)3-6-15(20)21/h1-9H/b4-1+,5-2+,6-3+. The van der Waals surface area contributed by atoms with E-state index in [0.717, 1.165) is 0 Å². The van der Waals surface area contributed by atoms with Crippen molar-refractivity contribution in [1.82, 2.24) is 0 Å². The highest BCUT2D eigenvalue weighted by molar-refractivity contribution is 5.63. The number of rotatable bonds is 6. The third-order valence-corrected chi connectivity index (χ3v) is 2.17. The van der Waals surface area contributed by atoms with Gasteiger partial charge in [-0.05, 0) is 34.9 Å². The number of hydrogen-bond acceptors (Lipinski definition) is 6. The largest absolute Gasteiger partial charge is 0.259 e. The van der Waals surface area contributed by atoms with E-state index in [1.165, 1.54) is 36.4 Å². The zero-order valence-electron chi connectivity index (χ0n) is 10.5. The smallest absolute Gasteiger partial charge is 0.235 e. The lowest BCUT2D eigenvalue weighted by Crippen LogP contribution is -1.87. The van der Waals surface area contributed by atoms with Crippen molar-refractivity contribution in [1.29, 1.82) is 0 Å². The van der Waals surface area contributed by atoms with Crippen LogP contribution >= 0.6 is 0 Å². The van der Waals surface area contributed by atoms with Crippen LogP contribution in [0.15, 0.2) is 36.8 Å². The normalized spacial score (nSPS) is 11.4. The fourth-order valence-corrected chi connectivity index (χ4v) is 1.43. The van der Waals surface area contributed by atoms with Crippen LogP contribution in [0.3, 0.4) is 0 Å². The molecular weight excluding hydrogens is 282 g/mol. The molecule has 0 aromatic heterocycles. The molecule has 9 nitrogen and oxygen atoms in total. The summed E-state index contributed by atoms with van der Waals surface area (Å²) in [5.41, 5.74) is 1.17. The Kier molecular flexibility index (Phi) is 5.44. The number of benzene rings is 1. The van der Waals surface area contributed by atoms with Crippen LogP contribution in [0, 0.1) is 30.3 Å². The minimum Gasteiger partial charge on any atom is -0.259 e. The molecule has 0 saturated heterocycles. The molecule has 0 bridgehead atoms. The first-order valence-corrected chi connectivity index (χ1v) is 5.47. The van der Waals surface area contributed by atoms with Crippen LogP contribution in [-0.4, -0.2) is 14.8 Å². The van der Waals surface area contributed by atoms with Gasteiger partial charge in [-0.25, -0.2) is 0 Å². The van der Waals surface area contributed by atoms with Crippen molar-refractivity contribution < 1.29 is 14.8 Å². The van der Waals surface area contributed by atoms with Crippen molar-refractivity contribution in [3.05, 3.63) is 83.8 Å². The van der Waals surface area contributed by atoms with Crippen LogP contribution in [-0.2, 0) is 0 Å². The summed E-state index contributed by atoms with van der Waals surface area (Å²) in [6.45, 7) is 0. The summed E-state index contributed by atoms with van der Waals surface area (Å²) in [5.74, 6) is 0. The monoisotopic (exact) mass is 291 g/mol. The van der Waals surface area contributed by atoms with Gasteiger partial charge in [-0.1, -0.05) is 0 Å². The highest BCUT2D eigenvalue weighted by Crippen LogP contribution is 2.15. The molecule has 9 heteroatoms. The zero-order chi connectivity index (χ0) is 15.8. The van der Waals surface area contributed by atoms with Crippen molar-refractivity contribution in [3.63, 3.8) is 0 Å². The molecule has 0 aliphatic carbocycles. The van der Waals surface area contributed by atoms with Crippen LogP contribution in [0.25, 0.3) is 18.2 Å². The highest BCUT2D eigenvalue weighted by Gasteiger charge is 2.00. The molecule has 108 valence electrons. The molecule has 0 heterocycles. The molecule has 0 unspecified atom stereocenters. The zero-order valence-corrected chi connectivity index (χ0v) is 10.5.